The van der Waals surface area contributed by atoms with Crippen LogP contribution in [-0.4, -0.2) is 5.88 Å². The van der Waals surface area contributed by atoms with Gasteiger partial charge in [0.2, 0.25) is 0 Å². The molecule has 0 amide bonds. The van der Waals surface area contributed by atoms with Gasteiger partial charge < -0.3 is 0 Å². The van der Waals surface area contributed by atoms with Crippen molar-refractivity contribution in [3.63, 3.8) is 0 Å². The maximum Gasteiger partial charge on any atom is 0.0223 e. The molecule has 0 atom stereocenters. The number of unbranched alkanes of at least 4 members (excludes halogenated alkanes) is 2. The van der Waals surface area contributed by atoms with Crippen LogP contribution in [0.3, 0.4) is 0 Å². The molecule has 0 saturated carbocycles. The van der Waals surface area contributed by atoms with Gasteiger partial charge in [0.15, 0.2) is 0 Å². The van der Waals surface area contributed by atoms with Crippen LogP contribution in [0.5, 0.6) is 0 Å². The zero-order valence-electron chi connectivity index (χ0n) is 5.62. The molecule has 0 aliphatic rings. The molecule has 0 aromatic heterocycles. The molecule has 0 spiro atoms. The van der Waals surface area contributed by atoms with Gasteiger partial charge in [-0.05, 0) is 6.42 Å². The largest absolute Gasteiger partial charge is 0.127 e. The van der Waals surface area contributed by atoms with Crippen LogP contribution in [0.15, 0.2) is 13.2 Å². The van der Waals surface area contributed by atoms with Crippen molar-refractivity contribution >= 4 is 11.6 Å². The molecule has 0 bridgehead atoms. The predicted octanol–water partition coefficient (Wildman–Crippen LogP) is 3.22. The van der Waals surface area contributed by atoms with Crippen molar-refractivity contribution < 1.29 is 0 Å². The summed E-state index contributed by atoms with van der Waals surface area (Å²) in [6.45, 7) is 8.17. The molecular formula is C7H15Cl. The van der Waals surface area contributed by atoms with Gasteiger partial charge in [0.1, 0.15) is 0 Å². The average molecular weight is 135 g/mol. The molecule has 0 radical (unpaired) electrons. The van der Waals surface area contributed by atoms with Crippen LogP contribution >= 0.6 is 11.6 Å². The quantitative estimate of drug-likeness (QED) is 0.316. The lowest BCUT2D eigenvalue weighted by Gasteiger charge is -1.84. The van der Waals surface area contributed by atoms with E-state index >= 15 is 0 Å². The first-order chi connectivity index (χ1) is 3.91. The third-order valence-electron chi connectivity index (χ3n) is 0.737. The summed E-state index contributed by atoms with van der Waals surface area (Å²) in [5.41, 5.74) is 0. The highest BCUT2D eigenvalue weighted by molar-refractivity contribution is 6.17. The van der Waals surface area contributed by atoms with Gasteiger partial charge in [0.05, 0.1) is 0 Å². The van der Waals surface area contributed by atoms with Crippen LogP contribution in [-0.2, 0) is 0 Å². The summed E-state index contributed by atoms with van der Waals surface area (Å²) in [4.78, 5) is 0. The zero-order valence-corrected chi connectivity index (χ0v) is 6.38. The first-order valence-electron chi connectivity index (χ1n) is 2.97. The van der Waals surface area contributed by atoms with Crippen LogP contribution in [0.4, 0.5) is 0 Å². The van der Waals surface area contributed by atoms with Crippen LogP contribution in [0, 0.1) is 0 Å². The lowest BCUT2D eigenvalue weighted by Crippen LogP contribution is -1.70. The van der Waals surface area contributed by atoms with Gasteiger partial charge in [0.25, 0.3) is 0 Å². The summed E-state index contributed by atoms with van der Waals surface area (Å²) >= 11 is 5.38. The molecule has 1 heteroatoms. The summed E-state index contributed by atoms with van der Waals surface area (Å²) in [6, 6.07) is 0. The van der Waals surface area contributed by atoms with Crippen LogP contribution in [0.25, 0.3) is 0 Å². The van der Waals surface area contributed by atoms with Gasteiger partial charge in [-0.2, -0.15) is 0 Å². The monoisotopic (exact) mass is 134 g/mol. The predicted molar refractivity (Wildman–Crippen MR) is 41.5 cm³/mol. The molecule has 0 nitrogen and oxygen atoms in total. The van der Waals surface area contributed by atoms with E-state index in [1.807, 2.05) is 0 Å². The fraction of sp³-hybridized carbons (Fsp3) is 0.714. The zero-order chi connectivity index (χ0) is 6.83. The molecule has 0 aliphatic carbocycles. The first kappa shape index (κ1) is 10.9. The van der Waals surface area contributed by atoms with Gasteiger partial charge in [-0.1, -0.05) is 19.8 Å². The smallest absolute Gasteiger partial charge is 0.0223 e. The standard InChI is InChI=1S/C5H11Cl.C2H4/c1-2-3-4-5-6;1-2/h2-5H2,1H3;1-2H2. The van der Waals surface area contributed by atoms with Crippen molar-refractivity contribution in [2.75, 3.05) is 5.88 Å². The lowest BCUT2D eigenvalue weighted by atomic mass is 10.3. The SMILES string of the molecule is C=C.CCCCCCl. The topological polar surface area (TPSA) is 0 Å². The van der Waals surface area contributed by atoms with Crippen LogP contribution < -0.4 is 0 Å². The highest BCUT2D eigenvalue weighted by atomic mass is 35.5. The van der Waals surface area contributed by atoms with Gasteiger partial charge in [-0.3, -0.25) is 0 Å². The van der Waals surface area contributed by atoms with Gasteiger partial charge in [0, 0.05) is 5.88 Å². The third-order valence-corrected chi connectivity index (χ3v) is 1.00. The van der Waals surface area contributed by atoms with Crippen LogP contribution in [0.2, 0.25) is 0 Å². The molecule has 0 unspecified atom stereocenters. The Hall–Kier alpha value is 0.0300. The number of rotatable bonds is 3. The summed E-state index contributed by atoms with van der Waals surface area (Å²) < 4.78 is 0. The Morgan fingerprint density at radius 1 is 1.25 bits per heavy atom. The van der Waals surface area contributed by atoms with E-state index in [-0.39, 0.29) is 0 Å². The second-order valence-corrected chi connectivity index (χ2v) is 1.77. The molecule has 0 rings (SSSR count). The fourth-order valence-electron chi connectivity index (χ4n) is 0.344. The van der Waals surface area contributed by atoms with Gasteiger partial charge in [-0.25, -0.2) is 0 Å². The maximum absolute atomic E-state index is 5.38. The fourth-order valence-corrected chi connectivity index (χ4v) is 0.533. The van der Waals surface area contributed by atoms with E-state index in [4.69, 9.17) is 11.6 Å². The minimum Gasteiger partial charge on any atom is -0.127 e. The van der Waals surface area contributed by atoms with Crippen molar-refractivity contribution in [1.29, 1.82) is 0 Å². The first-order valence-corrected chi connectivity index (χ1v) is 3.51. The Morgan fingerprint density at radius 2 is 1.75 bits per heavy atom. The highest BCUT2D eigenvalue weighted by Gasteiger charge is 1.76. The normalized spacial score (nSPS) is 7.25. The second-order valence-electron chi connectivity index (χ2n) is 1.40. The van der Waals surface area contributed by atoms with Crippen molar-refractivity contribution in [2.24, 2.45) is 0 Å². The van der Waals surface area contributed by atoms with Crippen molar-refractivity contribution in [2.45, 2.75) is 26.2 Å². The van der Waals surface area contributed by atoms with E-state index in [9.17, 15) is 0 Å². The van der Waals surface area contributed by atoms with E-state index in [1.54, 1.807) is 0 Å². The second kappa shape index (κ2) is 15.7. The van der Waals surface area contributed by atoms with E-state index < -0.39 is 0 Å². The molecule has 0 aliphatic heterocycles. The van der Waals surface area contributed by atoms with Crippen LogP contribution in [0.1, 0.15) is 26.2 Å². The molecule has 0 N–H and O–H groups in total. The van der Waals surface area contributed by atoms with E-state index in [2.05, 4.69) is 20.1 Å². The summed E-state index contributed by atoms with van der Waals surface area (Å²) in [6.07, 6.45) is 3.73. The number of halogens is 1. The number of alkyl halides is 1. The van der Waals surface area contributed by atoms with Crippen molar-refractivity contribution in [3.8, 4) is 0 Å². The Morgan fingerprint density at radius 3 is 1.88 bits per heavy atom. The minimum atomic E-state index is 0.827. The average Bonchev–Trinajstić information content (AvgIpc) is 1.88. The molecule has 0 saturated heterocycles. The van der Waals surface area contributed by atoms with E-state index in [0.29, 0.717) is 0 Å². The third kappa shape index (κ3) is 16.6. The summed E-state index contributed by atoms with van der Waals surface area (Å²) in [5.74, 6) is 0.827. The summed E-state index contributed by atoms with van der Waals surface area (Å²) in [5, 5.41) is 0. The molecule has 0 aromatic rings. The Bertz CT molecular complexity index is 23.6. The van der Waals surface area contributed by atoms with E-state index in [0.717, 1.165) is 5.88 Å². The van der Waals surface area contributed by atoms with Gasteiger partial charge >= 0.3 is 0 Å². The molecule has 8 heavy (non-hydrogen) atoms. The molecule has 50 valence electrons. The van der Waals surface area contributed by atoms with Crippen molar-refractivity contribution in [1.82, 2.24) is 0 Å². The summed E-state index contributed by atoms with van der Waals surface area (Å²) in [7, 11) is 0. The van der Waals surface area contributed by atoms with E-state index in [1.165, 1.54) is 19.3 Å². The highest BCUT2D eigenvalue weighted by Crippen LogP contribution is 1.93. The molecular weight excluding hydrogens is 120 g/mol. The number of hydrogen-bond acceptors (Lipinski definition) is 0. The molecule has 0 heterocycles. The maximum atomic E-state index is 5.38. The number of hydrogen-bond donors (Lipinski definition) is 0. The molecule has 0 aromatic carbocycles. The Labute approximate surface area is 57.5 Å². The van der Waals surface area contributed by atoms with Crippen molar-refractivity contribution in [3.05, 3.63) is 13.2 Å². The Kier molecular flexibility index (Phi) is 21.5. The molecule has 0 fully saturated rings. The Balaban J connectivity index is 0. The minimum absolute atomic E-state index is 0.827. The van der Waals surface area contributed by atoms with Gasteiger partial charge in [-0.15, -0.1) is 24.8 Å². The lowest BCUT2D eigenvalue weighted by molar-refractivity contribution is 0.776.